The second-order valence-corrected chi connectivity index (χ2v) is 5.72. The lowest BCUT2D eigenvalue weighted by atomic mass is 10.2. The summed E-state index contributed by atoms with van der Waals surface area (Å²) < 4.78 is 0. The van der Waals surface area contributed by atoms with Crippen molar-refractivity contribution in [3.05, 3.63) is 16.1 Å². The van der Waals surface area contributed by atoms with Gasteiger partial charge in [0.2, 0.25) is 0 Å². The third-order valence-electron chi connectivity index (χ3n) is 2.23. The number of hydrogen-bond donors (Lipinski definition) is 2. The van der Waals surface area contributed by atoms with Crippen molar-refractivity contribution < 1.29 is 0 Å². The van der Waals surface area contributed by atoms with Gasteiger partial charge in [-0.1, -0.05) is 13.8 Å². The van der Waals surface area contributed by atoms with Crippen LogP contribution in [0.2, 0.25) is 0 Å². The second kappa shape index (κ2) is 7.36. The quantitative estimate of drug-likeness (QED) is 0.637. The Labute approximate surface area is 114 Å². The van der Waals surface area contributed by atoms with E-state index < -0.39 is 0 Å². The van der Waals surface area contributed by atoms with Crippen LogP contribution in [0.5, 0.6) is 0 Å². The van der Waals surface area contributed by atoms with Crippen LogP contribution in [0.1, 0.15) is 51.2 Å². The van der Waals surface area contributed by atoms with E-state index in [9.17, 15) is 0 Å². The smallest absolute Gasteiger partial charge is 0.191 e. The van der Waals surface area contributed by atoms with Crippen LogP contribution in [-0.4, -0.2) is 23.5 Å². The van der Waals surface area contributed by atoms with Crippen LogP contribution < -0.4 is 10.6 Å². The molecule has 0 spiro atoms. The van der Waals surface area contributed by atoms with Crippen molar-refractivity contribution in [2.75, 3.05) is 6.54 Å². The second-order valence-electron chi connectivity index (χ2n) is 4.83. The predicted octanol–water partition coefficient (Wildman–Crippen LogP) is 2.73. The maximum absolute atomic E-state index is 4.58. The average molecular weight is 268 g/mol. The van der Waals surface area contributed by atoms with E-state index in [4.69, 9.17) is 0 Å². The highest BCUT2D eigenvalue weighted by molar-refractivity contribution is 7.09. The van der Waals surface area contributed by atoms with Gasteiger partial charge in [-0.05, 0) is 20.8 Å². The summed E-state index contributed by atoms with van der Waals surface area (Å²) in [5.41, 5.74) is 1.05. The lowest BCUT2D eigenvalue weighted by Crippen LogP contribution is -2.41. The maximum atomic E-state index is 4.58. The molecule has 0 aromatic carbocycles. The Balaban J connectivity index is 2.62. The topological polar surface area (TPSA) is 49.3 Å². The Morgan fingerprint density at radius 1 is 1.39 bits per heavy atom. The number of hydrogen-bond acceptors (Lipinski definition) is 3. The van der Waals surface area contributed by atoms with Gasteiger partial charge in [0, 0.05) is 23.9 Å². The molecule has 5 heteroatoms. The molecule has 0 aliphatic carbocycles. The zero-order valence-electron chi connectivity index (χ0n) is 11.9. The van der Waals surface area contributed by atoms with Crippen molar-refractivity contribution in [3.8, 4) is 0 Å². The summed E-state index contributed by atoms with van der Waals surface area (Å²) in [6.07, 6.45) is 0. The van der Waals surface area contributed by atoms with E-state index in [0.29, 0.717) is 18.5 Å². The molecule has 18 heavy (non-hydrogen) atoms. The molecule has 0 bridgehead atoms. The number of guanidine groups is 1. The molecule has 0 atom stereocenters. The number of aliphatic imine (C=N–C) groups is 1. The van der Waals surface area contributed by atoms with Crippen LogP contribution in [0.25, 0.3) is 0 Å². The van der Waals surface area contributed by atoms with Crippen molar-refractivity contribution in [2.45, 2.75) is 53.1 Å². The van der Waals surface area contributed by atoms with Gasteiger partial charge in [0.1, 0.15) is 0 Å². The number of nitrogens with zero attached hydrogens (tertiary/aromatic N) is 2. The van der Waals surface area contributed by atoms with Crippen molar-refractivity contribution in [1.29, 1.82) is 0 Å². The van der Waals surface area contributed by atoms with E-state index in [1.807, 2.05) is 0 Å². The summed E-state index contributed by atoms with van der Waals surface area (Å²) in [4.78, 5) is 9.11. The third-order valence-corrected chi connectivity index (χ3v) is 3.43. The Hall–Kier alpha value is -1.10. The molecule has 0 saturated carbocycles. The first kappa shape index (κ1) is 15.0. The first-order chi connectivity index (χ1) is 8.52. The van der Waals surface area contributed by atoms with E-state index in [1.54, 1.807) is 11.3 Å². The van der Waals surface area contributed by atoms with Gasteiger partial charge in [-0.3, -0.25) is 0 Å². The molecule has 1 aromatic rings. The first-order valence-corrected chi connectivity index (χ1v) is 7.40. The fourth-order valence-electron chi connectivity index (χ4n) is 1.41. The normalized spacial score (nSPS) is 12.3. The fourth-order valence-corrected chi connectivity index (χ4v) is 2.24. The van der Waals surface area contributed by atoms with Gasteiger partial charge in [0.15, 0.2) is 5.96 Å². The Bertz CT molecular complexity index is 382. The minimum Gasteiger partial charge on any atom is -0.357 e. The monoisotopic (exact) mass is 268 g/mol. The van der Waals surface area contributed by atoms with Crippen molar-refractivity contribution >= 4 is 17.3 Å². The number of aromatic nitrogens is 1. The van der Waals surface area contributed by atoms with Crippen LogP contribution in [0, 0.1) is 0 Å². The SMILES string of the molecule is CCNC(=NCc1csc(C(C)C)n1)NC(C)C. The molecule has 4 nitrogen and oxygen atoms in total. The Morgan fingerprint density at radius 3 is 2.61 bits per heavy atom. The van der Waals surface area contributed by atoms with Gasteiger partial charge in [-0.2, -0.15) is 0 Å². The molecule has 0 fully saturated rings. The average Bonchev–Trinajstić information content (AvgIpc) is 2.74. The van der Waals surface area contributed by atoms with Gasteiger partial charge in [0.25, 0.3) is 0 Å². The van der Waals surface area contributed by atoms with E-state index in [1.165, 1.54) is 5.01 Å². The van der Waals surface area contributed by atoms with Crippen molar-refractivity contribution in [3.63, 3.8) is 0 Å². The maximum Gasteiger partial charge on any atom is 0.191 e. The summed E-state index contributed by atoms with van der Waals surface area (Å²) in [7, 11) is 0. The fraction of sp³-hybridized carbons (Fsp3) is 0.692. The standard InChI is InChI=1S/C13H24N4S/c1-6-14-13(16-10(4)5)15-7-11-8-18-12(17-11)9(2)3/h8-10H,6-7H2,1-5H3,(H2,14,15,16). The molecule has 0 aliphatic heterocycles. The van der Waals surface area contributed by atoms with E-state index >= 15 is 0 Å². The van der Waals surface area contributed by atoms with Crippen LogP contribution in [-0.2, 0) is 6.54 Å². The highest BCUT2D eigenvalue weighted by atomic mass is 32.1. The summed E-state index contributed by atoms with van der Waals surface area (Å²) in [5.74, 6) is 1.35. The van der Waals surface area contributed by atoms with Crippen LogP contribution in [0.3, 0.4) is 0 Å². The lowest BCUT2D eigenvalue weighted by molar-refractivity contribution is 0.699. The molecule has 0 aliphatic rings. The Kier molecular flexibility index (Phi) is 6.12. The summed E-state index contributed by atoms with van der Waals surface area (Å²) in [6, 6.07) is 0.379. The number of rotatable bonds is 5. The third kappa shape index (κ3) is 5.04. The number of nitrogens with one attached hydrogen (secondary N) is 2. The van der Waals surface area contributed by atoms with Gasteiger partial charge < -0.3 is 10.6 Å². The van der Waals surface area contributed by atoms with E-state index in [0.717, 1.165) is 18.2 Å². The van der Waals surface area contributed by atoms with Crippen molar-refractivity contribution in [1.82, 2.24) is 15.6 Å². The minimum atomic E-state index is 0.379. The van der Waals surface area contributed by atoms with Crippen LogP contribution in [0.4, 0.5) is 0 Å². The molecule has 0 saturated heterocycles. The van der Waals surface area contributed by atoms with Crippen molar-refractivity contribution in [2.24, 2.45) is 4.99 Å². The van der Waals surface area contributed by atoms with E-state index in [-0.39, 0.29) is 0 Å². The molecule has 1 aromatic heterocycles. The predicted molar refractivity (Wildman–Crippen MR) is 79.3 cm³/mol. The summed E-state index contributed by atoms with van der Waals surface area (Å²) in [6.45, 7) is 12.1. The number of thiazole rings is 1. The van der Waals surface area contributed by atoms with Crippen LogP contribution in [0.15, 0.2) is 10.4 Å². The highest BCUT2D eigenvalue weighted by Crippen LogP contribution is 2.19. The van der Waals surface area contributed by atoms with Gasteiger partial charge in [0.05, 0.1) is 17.2 Å². The van der Waals surface area contributed by atoms with Gasteiger partial charge >= 0.3 is 0 Å². The zero-order chi connectivity index (χ0) is 13.5. The molecular weight excluding hydrogens is 244 g/mol. The minimum absolute atomic E-state index is 0.379. The highest BCUT2D eigenvalue weighted by Gasteiger charge is 2.06. The van der Waals surface area contributed by atoms with Gasteiger partial charge in [-0.25, -0.2) is 9.98 Å². The molecule has 2 N–H and O–H groups in total. The largest absolute Gasteiger partial charge is 0.357 e. The molecule has 0 radical (unpaired) electrons. The van der Waals surface area contributed by atoms with Gasteiger partial charge in [-0.15, -0.1) is 11.3 Å². The molecule has 0 amide bonds. The van der Waals surface area contributed by atoms with E-state index in [2.05, 4.69) is 60.6 Å². The molecule has 0 unspecified atom stereocenters. The molecule has 102 valence electrons. The zero-order valence-corrected chi connectivity index (χ0v) is 12.8. The first-order valence-electron chi connectivity index (χ1n) is 6.52. The molecular formula is C13H24N4S. The summed E-state index contributed by atoms with van der Waals surface area (Å²) in [5, 5.41) is 9.80. The molecule has 1 rings (SSSR count). The summed E-state index contributed by atoms with van der Waals surface area (Å²) >= 11 is 1.72. The Morgan fingerprint density at radius 2 is 2.11 bits per heavy atom. The lowest BCUT2D eigenvalue weighted by Gasteiger charge is -2.13. The van der Waals surface area contributed by atoms with Crippen LogP contribution >= 0.6 is 11.3 Å². The molecule has 1 heterocycles.